The van der Waals surface area contributed by atoms with Crippen LogP contribution in [0.2, 0.25) is 0 Å². The van der Waals surface area contributed by atoms with Crippen molar-refractivity contribution in [2.24, 2.45) is 5.10 Å². The van der Waals surface area contributed by atoms with Crippen LogP contribution in [0.15, 0.2) is 70.7 Å². The van der Waals surface area contributed by atoms with Crippen molar-refractivity contribution in [2.45, 2.75) is 17.5 Å². The smallest absolute Gasteiger partial charge is 0.378 e. The van der Waals surface area contributed by atoms with Crippen LogP contribution in [0.25, 0.3) is 0 Å². The zero-order chi connectivity index (χ0) is 25.8. The monoisotopic (exact) mass is 516 g/mol. The number of para-hydroxylation sites is 1. The van der Waals surface area contributed by atoms with E-state index in [0.717, 1.165) is 18.3 Å². The molecule has 0 aliphatic carbocycles. The Balaban J connectivity index is 1.72. The van der Waals surface area contributed by atoms with Crippen molar-refractivity contribution in [1.82, 2.24) is 5.43 Å². The van der Waals surface area contributed by atoms with Crippen LogP contribution >= 0.6 is 0 Å². The summed E-state index contributed by atoms with van der Waals surface area (Å²) in [4.78, 5) is 11.4. The van der Waals surface area contributed by atoms with Gasteiger partial charge in [0.25, 0.3) is 0 Å². The minimum atomic E-state index is -4.65. The molecular weight excluding hydrogens is 502 g/mol. The highest BCUT2D eigenvalue weighted by molar-refractivity contribution is 7.87. The number of nitrogens with zero attached hydrogens (tertiary/aromatic N) is 1. The van der Waals surface area contributed by atoms with Gasteiger partial charge >= 0.3 is 16.3 Å². The second-order valence-electron chi connectivity index (χ2n) is 6.93. The lowest BCUT2D eigenvalue weighted by atomic mass is 10.1. The number of halogens is 6. The van der Waals surface area contributed by atoms with Crippen molar-refractivity contribution < 1.29 is 43.7 Å². The van der Waals surface area contributed by atoms with Crippen LogP contribution in [0.4, 0.5) is 26.3 Å². The van der Waals surface area contributed by atoms with Gasteiger partial charge in [-0.3, -0.25) is 4.79 Å². The Morgan fingerprint density at radius 3 is 2.31 bits per heavy atom. The largest absolute Gasteiger partial charge is 0.416 e. The van der Waals surface area contributed by atoms with E-state index in [9.17, 15) is 39.6 Å². The van der Waals surface area contributed by atoms with Crippen molar-refractivity contribution in [2.75, 3.05) is 0 Å². The van der Waals surface area contributed by atoms with Crippen LogP contribution in [0, 0.1) is 17.5 Å². The molecule has 0 saturated carbocycles. The maximum absolute atomic E-state index is 13.7. The van der Waals surface area contributed by atoms with E-state index in [2.05, 4.69) is 5.10 Å². The fourth-order valence-electron chi connectivity index (χ4n) is 2.76. The molecule has 0 aliphatic rings. The summed E-state index contributed by atoms with van der Waals surface area (Å²) in [5.74, 6) is -5.12. The first-order valence-corrected chi connectivity index (χ1v) is 10.9. The van der Waals surface area contributed by atoms with Gasteiger partial charge in [0, 0.05) is 17.2 Å². The number of benzene rings is 3. The Kier molecular flexibility index (Phi) is 7.48. The van der Waals surface area contributed by atoms with E-state index in [4.69, 9.17) is 4.18 Å². The summed E-state index contributed by atoms with van der Waals surface area (Å²) < 4.78 is 108. The number of carbonyl (C=O) groups excluding carboxylic acids is 1. The molecule has 35 heavy (non-hydrogen) atoms. The van der Waals surface area contributed by atoms with Crippen LogP contribution in [0.1, 0.15) is 16.7 Å². The van der Waals surface area contributed by atoms with Gasteiger partial charge in [-0.25, -0.2) is 18.6 Å². The molecule has 0 saturated heterocycles. The van der Waals surface area contributed by atoms with E-state index in [-0.39, 0.29) is 11.3 Å². The van der Waals surface area contributed by atoms with E-state index < -0.39 is 62.1 Å². The normalized spacial score (nSPS) is 12.1. The maximum Gasteiger partial charge on any atom is 0.416 e. The van der Waals surface area contributed by atoms with Crippen LogP contribution in [-0.2, 0) is 27.5 Å². The molecule has 1 amide bonds. The molecule has 184 valence electrons. The Morgan fingerprint density at radius 1 is 1.00 bits per heavy atom. The van der Waals surface area contributed by atoms with E-state index in [1.165, 1.54) is 24.3 Å². The molecule has 0 bridgehead atoms. The van der Waals surface area contributed by atoms with Crippen molar-refractivity contribution >= 4 is 22.2 Å². The highest BCUT2D eigenvalue weighted by atomic mass is 32.2. The van der Waals surface area contributed by atoms with Crippen molar-refractivity contribution in [3.63, 3.8) is 0 Å². The first-order chi connectivity index (χ1) is 16.4. The molecule has 1 N–H and O–H groups in total. The third-order valence-corrected chi connectivity index (χ3v) is 5.65. The quantitative estimate of drug-likeness (QED) is 0.164. The fourth-order valence-corrected chi connectivity index (χ4v) is 3.72. The highest BCUT2D eigenvalue weighted by Crippen LogP contribution is 2.30. The molecule has 0 radical (unpaired) electrons. The first-order valence-electron chi connectivity index (χ1n) is 9.53. The molecule has 0 atom stereocenters. The summed E-state index contributed by atoms with van der Waals surface area (Å²) in [6.45, 7) is 0. The zero-order valence-corrected chi connectivity index (χ0v) is 18.1. The summed E-state index contributed by atoms with van der Waals surface area (Å²) in [6.07, 6.45) is -4.40. The SMILES string of the molecule is O=C(Cc1cc(F)cc(F)c1F)N/N=C/c1ccccc1OS(=O)(=O)c1ccc(C(F)(F)F)cc1. The van der Waals surface area contributed by atoms with Crippen LogP contribution in [0.3, 0.4) is 0 Å². The van der Waals surface area contributed by atoms with Gasteiger partial charge in [-0.15, -0.1) is 0 Å². The summed E-state index contributed by atoms with van der Waals surface area (Å²) >= 11 is 0. The standard InChI is InChI=1S/C22H14F6N2O4S/c23-16-9-14(21(25)18(24)11-16)10-20(31)30-29-12-13-3-1-2-4-19(13)34-35(32,33)17-7-5-15(6-8-17)22(26,27)28/h1-9,11-12H,10H2,(H,30,31)/b29-12+. The van der Waals surface area contributed by atoms with Gasteiger partial charge in [0.15, 0.2) is 17.4 Å². The predicted octanol–water partition coefficient (Wildman–Crippen LogP) is 4.58. The summed E-state index contributed by atoms with van der Waals surface area (Å²) in [5, 5.41) is 3.58. The van der Waals surface area contributed by atoms with Crippen LogP contribution in [0.5, 0.6) is 5.75 Å². The van der Waals surface area contributed by atoms with E-state index in [0.29, 0.717) is 24.3 Å². The molecule has 0 unspecified atom stereocenters. The molecule has 0 aromatic heterocycles. The topological polar surface area (TPSA) is 84.8 Å². The lowest BCUT2D eigenvalue weighted by molar-refractivity contribution is -0.137. The second-order valence-corrected chi connectivity index (χ2v) is 8.47. The summed E-state index contributed by atoms with van der Waals surface area (Å²) in [5.41, 5.74) is 0.461. The maximum atomic E-state index is 13.7. The first kappa shape index (κ1) is 25.7. The molecule has 6 nitrogen and oxygen atoms in total. The van der Waals surface area contributed by atoms with E-state index >= 15 is 0 Å². The number of hydrogen-bond donors (Lipinski definition) is 1. The molecule has 3 rings (SSSR count). The average molecular weight is 516 g/mol. The van der Waals surface area contributed by atoms with Crippen molar-refractivity contribution in [1.29, 1.82) is 0 Å². The fraction of sp³-hybridized carbons (Fsp3) is 0.0909. The molecule has 0 spiro atoms. The van der Waals surface area contributed by atoms with E-state index in [1.807, 2.05) is 5.43 Å². The van der Waals surface area contributed by atoms with Gasteiger partial charge in [-0.05, 0) is 42.5 Å². The Labute approximate surface area is 195 Å². The molecule has 0 heterocycles. The third-order valence-electron chi connectivity index (χ3n) is 4.40. The Morgan fingerprint density at radius 2 is 1.66 bits per heavy atom. The van der Waals surface area contributed by atoms with Gasteiger partial charge in [-0.1, -0.05) is 12.1 Å². The average Bonchev–Trinajstić information content (AvgIpc) is 2.77. The molecule has 0 aliphatic heterocycles. The minimum absolute atomic E-state index is 0.0475. The lowest BCUT2D eigenvalue weighted by Gasteiger charge is -2.11. The summed E-state index contributed by atoms with van der Waals surface area (Å²) in [6, 6.07) is 9.11. The van der Waals surface area contributed by atoms with E-state index in [1.54, 1.807) is 0 Å². The predicted molar refractivity (Wildman–Crippen MR) is 111 cm³/mol. The van der Waals surface area contributed by atoms with Crippen LogP contribution < -0.4 is 9.61 Å². The Hall–Kier alpha value is -3.87. The minimum Gasteiger partial charge on any atom is -0.378 e. The van der Waals surface area contributed by atoms with Crippen LogP contribution in [-0.4, -0.2) is 20.5 Å². The highest BCUT2D eigenvalue weighted by Gasteiger charge is 2.31. The van der Waals surface area contributed by atoms with Crippen molar-refractivity contribution in [3.05, 3.63) is 94.8 Å². The molecule has 3 aromatic rings. The third kappa shape index (κ3) is 6.59. The second kappa shape index (κ2) is 10.2. The van der Waals surface area contributed by atoms with Crippen molar-refractivity contribution in [3.8, 4) is 5.75 Å². The van der Waals surface area contributed by atoms with Gasteiger partial charge < -0.3 is 4.18 Å². The van der Waals surface area contributed by atoms with Gasteiger partial charge in [0.1, 0.15) is 10.7 Å². The molecule has 13 heteroatoms. The van der Waals surface area contributed by atoms with Gasteiger partial charge in [-0.2, -0.15) is 26.7 Å². The number of hydrogen-bond acceptors (Lipinski definition) is 5. The number of nitrogens with one attached hydrogen (secondary N) is 1. The zero-order valence-electron chi connectivity index (χ0n) is 17.3. The molecule has 0 fully saturated rings. The molecule has 3 aromatic carbocycles. The Bertz CT molecular complexity index is 1370. The number of amides is 1. The number of hydrazone groups is 1. The number of alkyl halides is 3. The summed E-state index contributed by atoms with van der Waals surface area (Å²) in [7, 11) is -4.52. The van der Waals surface area contributed by atoms with Gasteiger partial charge in [0.05, 0.1) is 18.2 Å². The van der Waals surface area contributed by atoms with Gasteiger partial charge in [0.2, 0.25) is 5.91 Å². The lowest BCUT2D eigenvalue weighted by Crippen LogP contribution is -2.21. The molecular formula is C22H14F6N2O4S. The number of rotatable bonds is 7. The number of carbonyl (C=O) groups is 1.